The summed E-state index contributed by atoms with van der Waals surface area (Å²) in [6.07, 6.45) is 1.50. The molecule has 0 atom stereocenters. The fourth-order valence-electron chi connectivity index (χ4n) is 3.45. The van der Waals surface area contributed by atoms with Gasteiger partial charge in [-0.15, -0.1) is 0 Å². The summed E-state index contributed by atoms with van der Waals surface area (Å²) in [4.78, 5) is 39.6. The predicted octanol–water partition coefficient (Wildman–Crippen LogP) is 0.813. The van der Waals surface area contributed by atoms with E-state index in [4.69, 9.17) is 9.15 Å². The Labute approximate surface area is 162 Å². The van der Waals surface area contributed by atoms with E-state index in [9.17, 15) is 9.59 Å². The zero-order valence-corrected chi connectivity index (χ0v) is 15.8. The van der Waals surface area contributed by atoms with Gasteiger partial charge in [0.25, 0.3) is 11.8 Å². The molecule has 2 aromatic heterocycles. The van der Waals surface area contributed by atoms with Crippen LogP contribution in [0.25, 0.3) is 0 Å². The van der Waals surface area contributed by atoms with Crippen molar-refractivity contribution in [1.29, 1.82) is 0 Å². The molecule has 2 aromatic rings. The van der Waals surface area contributed by atoms with Crippen molar-refractivity contribution in [1.82, 2.24) is 19.8 Å². The molecular weight excluding hydrogens is 362 g/mol. The Morgan fingerprint density at radius 1 is 0.964 bits per heavy atom. The molecule has 9 nitrogen and oxygen atoms in total. The van der Waals surface area contributed by atoms with Gasteiger partial charge in [-0.1, -0.05) is 0 Å². The zero-order valence-electron chi connectivity index (χ0n) is 15.8. The van der Waals surface area contributed by atoms with E-state index in [0.717, 1.165) is 0 Å². The number of aromatic nitrogens is 2. The van der Waals surface area contributed by atoms with E-state index < -0.39 is 0 Å². The highest BCUT2D eigenvalue weighted by molar-refractivity contribution is 5.93. The summed E-state index contributed by atoms with van der Waals surface area (Å²) in [6.45, 7) is 6.43. The summed E-state index contributed by atoms with van der Waals surface area (Å²) >= 11 is 0. The van der Waals surface area contributed by atoms with Gasteiger partial charge in [0.15, 0.2) is 5.76 Å². The van der Waals surface area contributed by atoms with Crippen LogP contribution in [0.1, 0.15) is 26.9 Å². The van der Waals surface area contributed by atoms with Crippen LogP contribution in [-0.4, -0.2) is 84.1 Å². The smallest absolute Gasteiger partial charge is 0.289 e. The zero-order chi connectivity index (χ0) is 19.5. The number of rotatable bonds is 3. The van der Waals surface area contributed by atoms with Gasteiger partial charge in [0, 0.05) is 45.3 Å². The summed E-state index contributed by atoms with van der Waals surface area (Å²) in [5, 5.41) is 0. The van der Waals surface area contributed by atoms with Crippen LogP contribution >= 0.6 is 0 Å². The number of furan rings is 1. The third kappa shape index (κ3) is 3.84. The second-order valence-corrected chi connectivity index (χ2v) is 6.82. The average molecular weight is 385 g/mol. The standard InChI is InChI=1S/C19H23N5O4/c1-14-20-15(18(25)24-8-11-27-12-9-24)13-17(21-14)22-4-6-23(7-5-22)19(26)16-3-2-10-28-16/h2-3,10,13H,4-9,11-12H2,1H3. The number of piperazine rings is 1. The van der Waals surface area contributed by atoms with Gasteiger partial charge in [0.1, 0.15) is 17.3 Å². The van der Waals surface area contributed by atoms with E-state index >= 15 is 0 Å². The Kier molecular flexibility index (Phi) is 5.25. The van der Waals surface area contributed by atoms with Crippen molar-refractivity contribution in [2.75, 3.05) is 57.4 Å². The highest BCUT2D eigenvalue weighted by Crippen LogP contribution is 2.18. The molecule has 2 fully saturated rings. The van der Waals surface area contributed by atoms with Crippen LogP contribution in [0.4, 0.5) is 5.82 Å². The maximum atomic E-state index is 12.8. The van der Waals surface area contributed by atoms with Gasteiger partial charge in [0.2, 0.25) is 0 Å². The fraction of sp³-hybridized carbons (Fsp3) is 0.474. The summed E-state index contributed by atoms with van der Waals surface area (Å²) in [7, 11) is 0. The first-order valence-electron chi connectivity index (χ1n) is 9.42. The summed E-state index contributed by atoms with van der Waals surface area (Å²) in [6, 6.07) is 5.13. The highest BCUT2D eigenvalue weighted by atomic mass is 16.5. The largest absolute Gasteiger partial charge is 0.459 e. The molecule has 0 aromatic carbocycles. The number of ether oxygens (including phenoxy) is 1. The Balaban J connectivity index is 1.44. The Morgan fingerprint density at radius 2 is 1.68 bits per heavy atom. The van der Waals surface area contributed by atoms with Crippen molar-refractivity contribution in [2.45, 2.75) is 6.92 Å². The molecule has 2 aliphatic rings. The first-order chi connectivity index (χ1) is 13.6. The van der Waals surface area contributed by atoms with Crippen molar-refractivity contribution in [3.05, 3.63) is 41.7 Å². The molecule has 0 radical (unpaired) electrons. The Morgan fingerprint density at radius 3 is 2.36 bits per heavy atom. The lowest BCUT2D eigenvalue weighted by Crippen LogP contribution is -2.49. The first kappa shape index (κ1) is 18.4. The SMILES string of the molecule is Cc1nc(C(=O)N2CCOCC2)cc(N2CCN(C(=O)c3ccco3)CC2)n1. The number of morpholine rings is 1. The molecule has 28 heavy (non-hydrogen) atoms. The Bertz CT molecular complexity index is 840. The minimum Gasteiger partial charge on any atom is -0.459 e. The molecule has 0 aliphatic carbocycles. The molecule has 4 heterocycles. The Hall–Kier alpha value is -2.94. The maximum Gasteiger partial charge on any atom is 0.289 e. The number of hydrogen-bond acceptors (Lipinski definition) is 7. The van der Waals surface area contributed by atoms with Crippen LogP contribution in [0.15, 0.2) is 28.9 Å². The highest BCUT2D eigenvalue weighted by Gasteiger charge is 2.26. The van der Waals surface area contributed by atoms with E-state index in [-0.39, 0.29) is 11.8 Å². The van der Waals surface area contributed by atoms with Gasteiger partial charge in [0.05, 0.1) is 19.5 Å². The molecule has 4 rings (SSSR count). The van der Waals surface area contributed by atoms with Gasteiger partial charge in [-0.25, -0.2) is 9.97 Å². The van der Waals surface area contributed by atoms with Crippen molar-refractivity contribution in [3.8, 4) is 0 Å². The minimum absolute atomic E-state index is 0.0957. The second-order valence-electron chi connectivity index (χ2n) is 6.82. The topological polar surface area (TPSA) is 92.0 Å². The molecule has 9 heteroatoms. The lowest BCUT2D eigenvalue weighted by molar-refractivity contribution is 0.0299. The van der Waals surface area contributed by atoms with E-state index in [1.165, 1.54) is 6.26 Å². The molecule has 2 saturated heterocycles. The van der Waals surface area contributed by atoms with E-state index in [1.807, 2.05) is 0 Å². The lowest BCUT2D eigenvalue weighted by atomic mass is 10.2. The van der Waals surface area contributed by atoms with Gasteiger partial charge < -0.3 is 23.9 Å². The average Bonchev–Trinajstić information content (AvgIpc) is 3.28. The van der Waals surface area contributed by atoms with Crippen LogP contribution in [-0.2, 0) is 4.74 Å². The summed E-state index contributed by atoms with van der Waals surface area (Å²) in [5.74, 6) is 1.43. The quantitative estimate of drug-likeness (QED) is 0.772. The predicted molar refractivity (Wildman–Crippen MR) is 100 cm³/mol. The van der Waals surface area contributed by atoms with Crippen LogP contribution < -0.4 is 4.90 Å². The van der Waals surface area contributed by atoms with E-state index in [0.29, 0.717) is 75.6 Å². The molecule has 0 spiro atoms. The summed E-state index contributed by atoms with van der Waals surface area (Å²) < 4.78 is 10.5. The number of carbonyl (C=O) groups excluding carboxylic acids is 2. The number of hydrogen-bond donors (Lipinski definition) is 0. The lowest BCUT2D eigenvalue weighted by Gasteiger charge is -2.35. The van der Waals surface area contributed by atoms with Crippen molar-refractivity contribution in [2.24, 2.45) is 0 Å². The third-order valence-electron chi connectivity index (χ3n) is 4.96. The number of anilines is 1. The molecular formula is C19H23N5O4. The molecule has 148 valence electrons. The van der Waals surface area contributed by atoms with Crippen LogP contribution in [0.3, 0.4) is 0 Å². The van der Waals surface area contributed by atoms with E-state index in [1.54, 1.807) is 34.9 Å². The molecule has 2 aliphatic heterocycles. The van der Waals surface area contributed by atoms with Crippen LogP contribution in [0, 0.1) is 6.92 Å². The fourth-order valence-corrected chi connectivity index (χ4v) is 3.45. The van der Waals surface area contributed by atoms with Gasteiger partial charge in [-0.05, 0) is 19.1 Å². The molecule has 0 unspecified atom stereocenters. The van der Waals surface area contributed by atoms with Crippen molar-refractivity contribution >= 4 is 17.6 Å². The summed E-state index contributed by atoms with van der Waals surface area (Å²) in [5.41, 5.74) is 0.401. The van der Waals surface area contributed by atoms with Crippen LogP contribution in [0.2, 0.25) is 0 Å². The maximum absolute atomic E-state index is 12.8. The number of carbonyl (C=O) groups is 2. The molecule has 0 N–H and O–H groups in total. The molecule has 0 saturated carbocycles. The van der Waals surface area contributed by atoms with Gasteiger partial charge >= 0.3 is 0 Å². The van der Waals surface area contributed by atoms with Crippen molar-refractivity contribution in [3.63, 3.8) is 0 Å². The second kappa shape index (κ2) is 7.97. The third-order valence-corrected chi connectivity index (χ3v) is 4.96. The van der Waals surface area contributed by atoms with Gasteiger partial charge in [-0.3, -0.25) is 9.59 Å². The van der Waals surface area contributed by atoms with Crippen LogP contribution in [0.5, 0.6) is 0 Å². The molecule has 2 amide bonds. The monoisotopic (exact) mass is 385 g/mol. The molecule has 0 bridgehead atoms. The number of amides is 2. The van der Waals surface area contributed by atoms with Gasteiger partial charge in [-0.2, -0.15) is 0 Å². The normalized spacial score (nSPS) is 17.7. The van der Waals surface area contributed by atoms with Crippen molar-refractivity contribution < 1.29 is 18.7 Å². The first-order valence-corrected chi connectivity index (χ1v) is 9.42. The number of aryl methyl sites for hydroxylation is 1. The van der Waals surface area contributed by atoms with E-state index in [2.05, 4.69) is 14.9 Å². The number of nitrogens with zero attached hydrogens (tertiary/aromatic N) is 5. The minimum atomic E-state index is -0.105.